The van der Waals surface area contributed by atoms with E-state index in [0.717, 1.165) is 6.26 Å². The van der Waals surface area contributed by atoms with Crippen LogP contribution in [0.15, 0.2) is 77.9 Å². The van der Waals surface area contributed by atoms with Gasteiger partial charge in [0.15, 0.2) is 0 Å². The zero-order chi connectivity index (χ0) is 23.1. The molecule has 3 aromatic carbocycles. The second kappa shape index (κ2) is 10.2. The van der Waals surface area contributed by atoms with Gasteiger partial charge in [-0.15, -0.1) is 0 Å². The van der Waals surface area contributed by atoms with Crippen molar-refractivity contribution in [3.05, 3.63) is 88.9 Å². The molecule has 2 amide bonds. The standard InChI is InChI=1S/C22H20ClN3O5S/c1-30-19-13-9-18(10-14-19)24-22(27)26-25-21(15-3-7-17(23)8-4-15)16-5-11-20(12-6-16)31-32(2,28)29/h3-14H,1-2H3,(H2,24,26,27)/b25-21+. The number of methoxy groups -OCH3 is 1. The van der Waals surface area contributed by atoms with Gasteiger partial charge in [-0.25, -0.2) is 10.2 Å². The van der Waals surface area contributed by atoms with Gasteiger partial charge in [-0.1, -0.05) is 23.7 Å². The summed E-state index contributed by atoms with van der Waals surface area (Å²) in [5.41, 5.74) is 4.79. The van der Waals surface area contributed by atoms with Crippen molar-refractivity contribution >= 4 is 39.1 Å². The minimum atomic E-state index is -3.64. The molecular weight excluding hydrogens is 454 g/mol. The van der Waals surface area contributed by atoms with Gasteiger partial charge in [0.1, 0.15) is 11.5 Å². The number of benzene rings is 3. The highest BCUT2D eigenvalue weighted by Crippen LogP contribution is 2.19. The van der Waals surface area contributed by atoms with Crippen LogP contribution in [0.4, 0.5) is 10.5 Å². The van der Waals surface area contributed by atoms with Crippen molar-refractivity contribution in [2.75, 3.05) is 18.7 Å². The molecule has 0 radical (unpaired) electrons. The lowest BCUT2D eigenvalue weighted by Gasteiger charge is -2.10. The summed E-state index contributed by atoms with van der Waals surface area (Å²) in [7, 11) is -2.08. The van der Waals surface area contributed by atoms with Crippen LogP contribution in [-0.4, -0.2) is 33.5 Å². The minimum absolute atomic E-state index is 0.164. The molecule has 0 aliphatic carbocycles. The highest BCUT2D eigenvalue weighted by atomic mass is 35.5. The number of amides is 2. The molecule has 8 nitrogen and oxygen atoms in total. The lowest BCUT2D eigenvalue weighted by molar-refractivity contribution is 0.252. The first kappa shape index (κ1) is 23.1. The highest BCUT2D eigenvalue weighted by molar-refractivity contribution is 7.86. The van der Waals surface area contributed by atoms with Gasteiger partial charge >= 0.3 is 16.1 Å². The molecule has 32 heavy (non-hydrogen) atoms. The fourth-order valence-electron chi connectivity index (χ4n) is 2.69. The predicted octanol–water partition coefficient (Wildman–Crippen LogP) is 4.26. The Kier molecular flexibility index (Phi) is 7.34. The second-order valence-corrected chi connectivity index (χ2v) is 8.58. The summed E-state index contributed by atoms with van der Waals surface area (Å²) in [6, 6.07) is 19.5. The number of hydrazone groups is 1. The van der Waals surface area contributed by atoms with Crippen LogP contribution in [0.25, 0.3) is 0 Å². The molecule has 0 atom stereocenters. The van der Waals surface area contributed by atoms with Crippen LogP contribution < -0.4 is 19.7 Å². The van der Waals surface area contributed by atoms with Crippen molar-refractivity contribution in [3.8, 4) is 11.5 Å². The maximum Gasteiger partial charge on any atom is 0.339 e. The third-order valence-electron chi connectivity index (χ3n) is 4.11. The number of hydrogen-bond acceptors (Lipinski definition) is 6. The van der Waals surface area contributed by atoms with E-state index in [1.54, 1.807) is 67.8 Å². The number of urea groups is 1. The third-order valence-corrected chi connectivity index (χ3v) is 4.86. The molecule has 0 heterocycles. The maximum atomic E-state index is 12.3. The molecule has 0 saturated heterocycles. The molecule has 3 aromatic rings. The molecule has 0 aliphatic heterocycles. The van der Waals surface area contributed by atoms with Crippen LogP contribution in [0.5, 0.6) is 11.5 Å². The van der Waals surface area contributed by atoms with Gasteiger partial charge in [0, 0.05) is 21.8 Å². The van der Waals surface area contributed by atoms with E-state index in [2.05, 4.69) is 15.8 Å². The second-order valence-electron chi connectivity index (χ2n) is 6.57. The first-order chi connectivity index (χ1) is 15.2. The van der Waals surface area contributed by atoms with Crippen LogP contribution in [0.2, 0.25) is 5.02 Å². The highest BCUT2D eigenvalue weighted by Gasteiger charge is 2.11. The summed E-state index contributed by atoms with van der Waals surface area (Å²) in [5.74, 6) is 0.833. The van der Waals surface area contributed by atoms with Crippen LogP contribution in [0.1, 0.15) is 11.1 Å². The monoisotopic (exact) mass is 473 g/mol. The zero-order valence-electron chi connectivity index (χ0n) is 17.2. The summed E-state index contributed by atoms with van der Waals surface area (Å²) in [6.07, 6.45) is 0.965. The van der Waals surface area contributed by atoms with Crippen molar-refractivity contribution < 1.29 is 22.1 Å². The van der Waals surface area contributed by atoms with E-state index in [-0.39, 0.29) is 5.75 Å². The first-order valence-electron chi connectivity index (χ1n) is 9.28. The normalized spacial score (nSPS) is 11.5. The van der Waals surface area contributed by atoms with Crippen LogP contribution in [0.3, 0.4) is 0 Å². The van der Waals surface area contributed by atoms with Crippen molar-refractivity contribution in [2.24, 2.45) is 5.10 Å². The molecule has 0 saturated carbocycles. The van der Waals surface area contributed by atoms with Crippen molar-refractivity contribution in [1.82, 2.24) is 5.43 Å². The Morgan fingerprint density at radius 1 is 0.875 bits per heavy atom. The molecule has 10 heteroatoms. The first-order valence-corrected chi connectivity index (χ1v) is 11.5. The number of hydrogen-bond donors (Lipinski definition) is 2. The molecule has 0 bridgehead atoms. The fraction of sp³-hybridized carbons (Fsp3) is 0.0909. The van der Waals surface area contributed by atoms with Gasteiger partial charge in [-0.3, -0.25) is 0 Å². The number of nitrogens with one attached hydrogen (secondary N) is 2. The van der Waals surface area contributed by atoms with Gasteiger partial charge in [-0.05, 0) is 60.7 Å². The number of carbonyl (C=O) groups is 1. The molecule has 0 aliphatic rings. The topological polar surface area (TPSA) is 106 Å². The average Bonchev–Trinajstić information content (AvgIpc) is 2.75. The average molecular weight is 474 g/mol. The van der Waals surface area contributed by atoms with Crippen LogP contribution in [0, 0.1) is 0 Å². The number of anilines is 1. The number of carbonyl (C=O) groups excluding carboxylic acids is 1. The largest absolute Gasteiger partial charge is 0.497 e. The van der Waals surface area contributed by atoms with Gasteiger partial charge in [-0.2, -0.15) is 13.5 Å². The summed E-state index contributed by atoms with van der Waals surface area (Å²) < 4.78 is 32.6. The van der Waals surface area contributed by atoms with Gasteiger partial charge in [0.25, 0.3) is 0 Å². The summed E-state index contributed by atoms with van der Waals surface area (Å²) in [6.45, 7) is 0. The Hall–Kier alpha value is -3.56. The Labute approximate surface area is 190 Å². The SMILES string of the molecule is COc1ccc(NC(=O)N/N=C(\c2ccc(Cl)cc2)c2ccc(OS(C)(=O)=O)cc2)cc1. The van der Waals surface area contributed by atoms with Crippen molar-refractivity contribution in [1.29, 1.82) is 0 Å². The van der Waals surface area contributed by atoms with Gasteiger partial charge < -0.3 is 14.2 Å². The Balaban J connectivity index is 1.83. The predicted molar refractivity (Wildman–Crippen MR) is 124 cm³/mol. The molecule has 0 spiro atoms. The quantitative estimate of drug-likeness (QED) is 0.303. The lowest BCUT2D eigenvalue weighted by atomic mass is 10.0. The van der Waals surface area contributed by atoms with E-state index in [1.807, 2.05) is 0 Å². The third kappa shape index (κ3) is 6.73. The molecular formula is C22H20ClN3O5S. The summed E-state index contributed by atoms with van der Waals surface area (Å²) in [4.78, 5) is 12.3. The van der Waals surface area contributed by atoms with E-state index in [1.165, 1.54) is 12.1 Å². The number of nitrogens with zero attached hydrogens (tertiary/aromatic N) is 1. The molecule has 3 rings (SSSR count). The molecule has 166 valence electrons. The Morgan fingerprint density at radius 3 is 1.94 bits per heavy atom. The zero-order valence-corrected chi connectivity index (χ0v) is 18.8. The molecule has 0 fully saturated rings. The minimum Gasteiger partial charge on any atom is -0.497 e. The van der Waals surface area contributed by atoms with Crippen LogP contribution in [-0.2, 0) is 10.1 Å². The maximum absolute atomic E-state index is 12.3. The molecule has 2 N–H and O–H groups in total. The van der Waals surface area contributed by atoms with Crippen LogP contribution >= 0.6 is 11.6 Å². The fourth-order valence-corrected chi connectivity index (χ4v) is 3.27. The van der Waals surface area contributed by atoms with E-state index < -0.39 is 16.1 Å². The van der Waals surface area contributed by atoms with E-state index in [4.69, 9.17) is 20.5 Å². The molecule has 0 aromatic heterocycles. The number of rotatable bonds is 7. The summed E-state index contributed by atoms with van der Waals surface area (Å²) >= 11 is 5.98. The van der Waals surface area contributed by atoms with E-state index in [0.29, 0.717) is 33.3 Å². The number of halogens is 1. The smallest absolute Gasteiger partial charge is 0.339 e. The van der Waals surface area contributed by atoms with Gasteiger partial charge in [0.05, 0.1) is 19.1 Å². The Bertz CT molecular complexity index is 1210. The molecule has 0 unspecified atom stereocenters. The lowest BCUT2D eigenvalue weighted by Crippen LogP contribution is -2.26. The Morgan fingerprint density at radius 2 is 1.41 bits per heavy atom. The van der Waals surface area contributed by atoms with Crippen molar-refractivity contribution in [3.63, 3.8) is 0 Å². The van der Waals surface area contributed by atoms with Gasteiger partial charge in [0.2, 0.25) is 0 Å². The summed E-state index contributed by atoms with van der Waals surface area (Å²) in [5, 5.41) is 7.48. The van der Waals surface area contributed by atoms with E-state index in [9.17, 15) is 13.2 Å². The number of ether oxygens (including phenoxy) is 1. The van der Waals surface area contributed by atoms with Crippen molar-refractivity contribution in [2.45, 2.75) is 0 Å². The van der Waals surface area contributed by atoms with E-state index >= 15 is 0 Å².